The Hall–Kier alpha value is -2.85. The standard InChI is InChI=1S/C20H16ClNO3/c1-13(21)12-25-20(23)17-11-19(14-7-9-15(24-2)10-8-14)22-18-6-4-3-5-16(17)18/h3-11H,1,12H2,2H3. The minimum Gasteiger partial charge on any atom is -0.497 e. The van der Waals surface area contributed by atoms with Crippen molar-refractivity contribution in [1.29, 1.82) is 0 Å². The average molecular weight is 354 g/mol. The quantitative estimate of drug-likeness (QED) is 0.617. The summed E-state index contributed by atoms with van der Waals surface area (Å²) in [6.45, 7) is 3.50. The molecule has 3 rings (SSSR count). The minimum atomic E-state index is -0.463. The Kier molecular flexibility index (Phi) is 5.00. The van der Waals surface area contributed by atoms with E-state index in [1.165, 1.54) is 0 Å². The van der Waals surface area contributed by atoms with Crippen LogP contribution in [0.2, 0.25) is 0 Å². The number of aromatic nitrogens is 1. The summed E-state index contributed by atoms with van der Waals surface area (Å²) >= 11 is 5.69. The molecule has 0 unspecified atom stereocenters. The first-order valence-corrected chi connectivity index (χ1v) is 8.01. The normalized spacial score (nSPS) is 10.5. The van der Waals surface area contributed by atoms with Crippen LogP contribution in [-0.2, 0) is 4.74 Å². The van der Waals surface area contributed by atoms with Gasteiger partial charge in [-0.25, -0.2) is 9.78 Å². The number of hydrogen-bond acceptors (Lipinski definition) is 4. The van der Waals surface area contributed by atoms with Crippen LogP contribution in [0.5, 0.6) is 5.75 Å². The topological polar surface area (TPSA) is 48.4 Å². The molecule has 0 spiro atoms. The van der Waals surface area contributed by atoms with Gasteiger partial charge in [0.1, 0.15) is 12.4 Å². The van der Waals surface area contributed by atoms with Crippen molar-refractivity contribution in [2.75, 3.05) is 13.7 Å². The van der Waals surface area contributed by atoms with Crippen molar-refractivity contribution in [3.63, 3.8) is 0 Å². The highest BCUT2D eigenvalue weighted by Gasteiger charge is 2.15. The lowest BCUT2D eigenvalue weighted by atomic mass is 10.0. The molecular weight excluding hydrogens is 338 g/mol. The molecule has 0 fully saturated rings. The number of rotatable bonds is 5. The summed E-state index contributed by atoms with van der Waals surface area (Å²) in [6.07, 6.45) is 0. The molecule has 4 nitrogen and oxygen atoms in total. The number of methoxy groups -OCH3 is 1. The van der Waals surface area contributed by atoms with Crippen LogP contribution in [0, 0.1) is 0 Å². The van der Waals surface area contributed by atoms with E-state index in [0.29, 0.717) is 16.8 Å². The van der Waals surface area contributed by atoms with Gasteiger partial charge in [-0.2, -0.15) is 0 Å². The zero-order chi connectivity index (χ0) is 17.8. The summed E-state index contributed by atoms with van der Waals surface area (Å²) in [7, 11) is 1.61. The van der Waals surface area contributed by atoms with Gasteiger partial charge in [0.25, 0.3) is 0 Å². The smallest absolute Gasteiger partial charge is 0.339 e. The Morgan fingerprint density at radius 3 is 2.56 bits per heavy atom. The van der Waals surface area contributed by atoms with Crippen LogP contribution in [0.15, 0.2) is 66.2 Å². The molecule has 0 amide bonds. The third-order valence-electron chi connectivity index (χ3n) is 3.68. The monoisotopic (exact) mass is 353 g/mol. The van der Waals surface area contributed by atoms with Gasteiger partial charge >= 0.3 is 5.97 Å². The van der Waals surface area contributed by atoms with E-state index in [2.05, 4.69) is 11.6 Å². The molecule has 1 aromatic heterocycles. The third kappa shape index (κ3) is 3.80. The maximum atomic E-state index is 12.5. The molecular formula is C20H16ClNO3. The molecule has 5 heteroatoms. The largest absolute Gasteiger partial charge is 0.497 e. The van der Waals surface area contributed by atoms with Crippen molar-refractivity contribution in [2.24, 2.45) is 0 Å². The molecule has 0 N–H and O–H groups in total. The first-order chi connectivity index (χ1) is 12.1. The van der Waals surface area contributed by atoms with Crippen LogP contribution in [-0.4, -0.2) is 24.7 Å². The molecule has 0 aliphatic carbocycles. The number of carbonyl (C=O) groups excluding carboxylic acids is 1. The van der Waals surface area contributed by atoms with Gasteiger partial charge in [-0.15, -0.1) is 0 Å². The van der Waals surface area contributed by atoms with E-state index >= 15 is 0 Å². The van der Waals surface area contributed by atoms with Gasteiger partial charge in [-0.3, -0.25) is 0 Å². The Balaban J connectivity index is 2.08. The zero-order valence-corrected chi connectivity index (χ0v) is 14.4. The second-order valence-electron chi connectivity index (χ2n) is 5.39. The van der Waals surface area contributed by atoms with Crippen LogP contribution >= 0.6 is 11.6 Å². The highest BCUT2D eigenvalue weighted by atomic mass is 35.5. The fraction of sp³-hybridized carbons (Fsp3) is 0.100. The molecule has 126 valence electrons. The molecule has 0 saturated heterocycles. The van der Waals surface area contributed by atoms with E-state index in [4.69, 9.17) is 21.1 Å². The number of benzene rings is 2. The maximum Gasteiger partial charge on any atom is 0.339 e. The molecule has 0 saturated carbocycles. The second kappa shape index (κ2) is 7.36. The van der Waals surface area contributed by atoms with Crippen LogP contribution in [0.4, 0.5) is 0 Å². The summed E-state index contributed by atoms with van der Waals surface area (Å²) in [4.78, 5) is 17.1. The number of pyridine rings is 1. The van der Waals surface area contributed by atoms with Gasteiger partial charge in [0, 0.05) is 16.0 Å². The Morgan fingerprint density at radius 1 is 1.16 bits per heavy atom. The summed E-state index contributed by atoms with van der Waals surface area (Å²) < 4.78 is 10.4. The van der Waals surface area contributed by atoms with Crippen molar-refractivity contribution in [3.05, 3.63) is 71.8 Å². The van der Waals surface area contributed by atoms with Gasteiger partial charge in [0.15, 0.2) is 0 Å². The van der Waals surface area contributed by atoms with Crippen LogP contribution < -0.4 is 4.74 Å². The Morgan fingerprint density at radius 2 is 1.88 bits per heavy atom. The van der Waals surface area contributed by atoms with Gasteiger partial charge in [-0.1, -0.05) is 36.4 Å². The molecule has 0 atom stereocenters. The predicted molar refractivity (Wildman–Crippen MR) is 99.0 cm³/mol. The van der Waals surface area contributed by atoms with Crippen molar-refractivity contribution in [3.8, 4) is 17.0 Å². The molecule has 25 heavy (non-hydrogen) atoms. The van der Waals surface area contributed by atoms with Crippen molar-refractivity contribution < 1.29 is 14.3 Å². The van der Waals surface area contributed by atoms with E-state index in [1.54, 1.807) is 13.2 Å². The van der Waals surface area contributed by atoms with E-state index in [0.717, 1.165) is 16.7 Å². The molecule has 2 aromatic carbocycles. The number of esters is 1. The molecule has 0 aliphatic heterocycles. The minimum absolute atomic E-state index is 0.0328. The molecule has 3 aromatic rings. The summed E-state index contributed by atoms with van der Waals surface area (Å²) in [5.41, 5.74) is 2.71. The average Bonchev–Trinajstić information content (AvgIpc) is 2.65. The number of fused-ring (bicyclic) bond motifs is 1. The number of nitrogens with zero attached hydrogens (tertiary/aromatic N) is 1. The molecule has 1 heterocycles. The van der Waals surface area contributed by atoms with Gasteiger partial charge < -0.3 is 9.47 Å². The fourth-order valence-electron chi connectivity index (χ4n) is 2.48. The van der Waals surface area contributed by atoms with E-state index < -0.39 is 5.97 Å². The number of hydrogen-bond donors (Lipinski definition) is 0. The first-order valence-electron chi connectivity index (χ1n) is 7.63. The lowest BCUT2D eigenvalue weighted by Gasteiger charge is -2.10. The predicted octanol–water partition coefficient (Wildman–Crippen LogP) is 4.82. The first kappa shape index (κ1) is 17.0. The molecule has 0 bridgehead atoms. The highest BCUT2D eigenvalue weighted by Crippen LogP contribution is 2.27. The van der Waals surface area contributed by atoms with Crippen LogP contribution in [0.1, 0.15) is 10.4 Å². The van der Waals surface area contributed by atoms with E-state index in [1.807, 2.05) is 48.5 Å². The van der Waals surface area contributed by atoms with Gasteiger partial charge in [-0.05, 0) is 36.4 Å². The van der Waals surface area contributed by atoms with E-state index in [-0.39, 0.29) is 11.6 Å². The summed E-state index contributed by atoms with van der Waals surface area (Å²) in [5.74, 6) is 0.292. The summed E-state index contributed by atoms with van der Waals surface area (Å²) in [5, 5.41) is 0.993. The lowest BCUT2D eigenvalue weighted by Crippen LogP contribution is -2.08. The molecule has 0 radical (unpaired) electrons. The summed E-state index contributed by atoms with van der Waals surface area (Å²) in [6, 6.07) is 16.6. The van der Waals surface area contributed by atoms with Crippen LogP contribution in [0.3, 0.4) is 0 Å². The van der Waals surface area contributed by atoms with Crippen molar-refractivity contribution >= 4 is 28.5 Å². The van der Waals surface area contributed by atoms with E-state index in [9.17, 15) is 4.79 Å². The highest BCUT2D eigenvalue weighted by molar-refractivity contribution is 6.29. The number of halogens is 1. The fourth-order valence-corrected chi connectivity index (χ4v) is 2.53. The SMILES string of the molecule is C=C(Cl)COC(=O)c1cc(-c2ccc(OC)cc2)nc2ccccc12. The second-order valence-corrected chi connectivity index (χ2v) is 5.93. The number of ether oxygens (including phenoxy) is 2. The van der Waals surface area contributed by atoms with Crippen LogP contribution in [0.25, 0.3) is 22.2 Å². The number of carbonyl (C=O) groups is 1. The third-order valence-corrected chi connectivity index (χ3v) is 3.79. The van der Waals surface area contributed by atoms with Crippen molar-refractivity contribution in [2.45, 2.75) is 0 Å². The lowest BCUT2D eigenvalue weighted by molar-refractivity contribution is 0.0548. The number of para-hydroxylation sites is 1. The van der Waals surface area contributed by atoms with Gasteiger partial charge in [0.05, 0.1) is 23.9 Å². The van der Waals surface area contributed by atoms with Gasteiger partial charge in [0.2, 0.25) is 0 Å². The Labute approximate surface area is 150 Å². The zero-order valence-electron chi connectivity index (χ0n) is 13.7. The maximum absolute atomic E-state index is 12.5. The molecule has 0 aliphatic rings. The Bertz CT molecular complexity index is 935. The van der Waals surface area contributed by atoms with Crippen molar-refractivity contribution in [1.82, 2.24) is 4.98 Å².